The third-order valence-electron chi connectivity index (χ3n) is 4.67. The Morgan fingerprint density at radius 2 is 1.94 bits per heavy atom. The van der Waals surface area contributed by atoms with E-state index in [4.69, 9.17) is 16.3 Å². The predicted octanol–water partition coefficient (Wildman–Crippen LogP) is 2.71. The van der Waals surface area contributed by atoms with Gasteiger partial charge in [-0.3, -0.25) is 4.79 Å². The van der Waals surface area contributed by atoms with Crippen LogP contribution in [0.2, 0.25) is 0 Å². The number of amides is 1. The second kappa shape index (κ2) is 5.38. The van der Waals surface area contributed by atoms with Crippen molar-refractivity contribution >= 4 is 17.5 Å². The number of ether oxygens (including phenoxy) is 1. The monoisotopic (exact) mass is 271 g/mol. The molecule has 3 saturated heterocycles. The Hall–Kier alpha value is -0.280. The molecule has 102 valence electrons. The molecule has 0 N–H and O–H groups in total. The van der Waals surface area contributed by atoms with Crippen LogP contribution in [0.25, 0.3) is 0 Å². The fourth-order valence-electron chi connectivity index (χ4n) is 3.80. The van der Waals surface area contributed by atoms with E-state index >= 15 is 0 Å². The summed E-state index contributed by atoms with van der Waals surface area (Å²) in [7, 11) is 0. The fraction of sp³-hybridized carbons (Fsp3) is 0.929. The van der Waals surface area contributed by atoms with Crippen LogP contribution in [0.15, 0.2) is 0 Å². The van der Waals surface area contributed by atoms with Crippen molar-refractivity contribution in [2.75, 3.05) is 6.61 Å². The third-order valence-corrected chi connectivity index (χ3v) is 5.02. The molecule has 2 bridgehead atoms. The van der Waals surface area contributed by atoms with Crippen molar-refractivity contribution in [3.63, 3.8) is 0 Å². The molecule has 0 aliphatic carbocycles. The zero-order valence-corrected chi connectivity index (χ0v) is 11.6. The van der Waals surface area contributed by atoms with Gasteiger partial charge in [-0.25, -0.2) is 0 Å². The summed E-state index contributed by atoms with van der Waals surface area (Å²) in [6.07, 6.45) is 8.46. The van der Waals surface area contributed by atoms with Gasteiger partial charge in [-0.15, -0.1) is 11.6 Å². The van der Waals surface area contributed by atoms with Gasteiger partial charge in [-0.2, -0.15) is 0 Å². The first-order valence-corrected chi connectivity index (χ1v) is 7.74. The van der Waals surface area contributed by atoms with Gasteiger partial charge in [0.1, 0.15) is 0 Å². The minimum absolute atomic E-state index is 0.282. The van der Waals surface area contributed by atoms with Crippen molar-refractivity contribution in [2.24, 2.45) is 0 Å². The molecule has 0 aromatic carbocycles. The van der Waals surface area contributed by atoms with E-state index in [0.717, 1.165) is 51.6 Å². The normalized spacial score (nSPS) is 39.3. The first-order valence-electron chi connectivity index (χ1n) is 7.31. The lowest BCUT2D eigenvalue weighted by atomic mass is 10.0. The van der Waals surface area contributed by atoms with E-state index in [-0.39, 0.29) is 5.38 Å². The smallest absolute Gasteiger partial charge is 0.223 e. The van der Waals surface area contributed by atoms with Crippen LogP contribution in [-0.2, 0) is 9.53 Å². The lowest BCUT2D eigenvalue weighted by Gasteiger charge is -2.37. The fourth-order valence-corrected chi connectivity index (χ4v) is 4.21. The molecule has 3 atom stereocenters. The maximum absolute atomic E-state index is 12.3. The highest BCUT2D eigenvalue weighted by molar-refractivity contribution is 6.20. The molecule has 3 aliphatic rings. The average molecular weight is 272 g/mol. The molecule has 1 amide bonds. The van der Waals surface area contributed by atoms with Crippen LogP contribution in [0.5, 0.6) is 0 Å². The largest absolute Gasteiger partial charge is 0.378 e. The molecule has 0 radical (unpaired) electrons. The van der Waals surface area contributed by atoms with Gasteiger partial charge in [0.15, 0.2) is 0 Å². The second-order valence-electron chi connectivity index (χ2n) is 5.93. The van der Waals surface area contributed by atoms with Crippen LogP contribution in [0.1, 0.15) is 51.4 Å². The van der Waals surface area contributed by atoms with Crippen molar-refractivity contribution in [1.29, 1.82) is 0 Å². The highest BCUT2D eigenvalue weighted by Gasteiger charge is 2.42. The van der Waals surface area contributed by atoms with Crippen LogP contribution in [0.3, 0.4) is 0 Å². The van der Waals surface area contributed by atoms with Gasteiger partial charge in [-0.1, -0.05) is 0 Å². The minimum atomic E-state index is 0.282. The molecular formula is C14H22ClNO2. The van der Waals surface area contributed by atoms with Crippen molar-refractivity contribution in [3.8, 4) is 0 Å². The van der Waals surface area contributed by atoms with E-state index in [1.165, 1.54) is 0 Å². The molecule has 3 nitrogen and oxygen atoms in total. The second-order valence-corrected chi connectivity index (χ2v) is 6.55. The molecule has 0 spiro atoms. The van der Waals surface area contributed by atoms with E-state index in [2.05, 4.69) is 4.90 Å². The predicted molar refractivity (Wildman–Crippen MR) is 70.7 cm³/mol. The van der Waals surface area contributed by atoms with Crippen molar-refractivity contribution < 1.29 is 9.53 Å². The Morgan fingerprint density at radius 3 is 2.56 bits per heavy atom. The molecule has 0 saturated carbocycles. The Labute approximate surface area is 114 Å². The van der Waals surface area contributed by atoms with Crippen molar-refractivity contribution in [3.05, 3.63) is 0 Å². The average Bonchev–Trinajstić information content (AvgIpc) is 2.94. The number of hydrogen-bond acceptors (Lipinski definition) is 2. The van der Waals surface area contributed by atoms with E-state index in [9.17, 15) is 4.79 Å². The van der Waals surface area contributed by atoms with Crippen LogP contribution in [0, 0.1) is 0 Å². The minimum Gasteiger partial charge on any atom is -0.378 e. The number of alkyl halides is 1. The van der Waals surface area contributed by atoms with E-state index in [0.29, 0.717) is 30.5 Å². The van der Waals surface area contributed by atoms with E-state index in [1.54, 1.807) is 0 Å². The summed E-state index contributed by atoms with van der Waals surface area (Å²) in [6, 6.07) is 0.839. The Balaban J connectivity index is 1.53. The number of carbonyl (C=O) groups is 1. The summed E-state index contributed by atoms with van der Waals surface area (Å²) in [4.78, 5) is 14.5. The van der Waals surface area contributed by atoms with Gasteiger partial charge < -0.3 is 9.64 Å². The SMILES string of the molecule is O=C(CCC1CCCO1)N1C2CCC1CC(Cl)C2. The first-order chi connectivity index (χ1) is 8.74. The quantitative estimate of drug-likeness (QED) is 0.739. The first kappa shape index (κ1) is 12.7. The van der Waals surface area contributed by atoms with E-state index < -0.39 is 0 Å². The molecule has 0 aromatic heterocycles. The van der Waals surface area contributed by atoms with Crippen molar-refractivity contribution in [1.82, 2.24) is 4.90 Å². The maximum Gasteiger partial charge on any atom is 0.223 e. The summed E-state index contributed by atoms with van der Waals surface area (Å²) in [5.74, 6) is 0.335. The highest BCUT2D eigenvalue weighted by Crippen LogP contribution is 2.38. The maximum atomic E-state index is 12.3. The molecule has 3 rings (SSSR count). The van der Waals surface area contributed by atoms with Crippen LogP contribution in [-0.4, -0.2) is 41.0 Å². The zero-order valence-electron chi connectivity index (χ0n) is 10.8. The molecule has 18 heavy (non-hydrogen) atoms. The third kappa shape index (κ3) is 2.53. The van der Waals surface area contributed by atoms with Gasteiger partial charge in [0, 0.05) is 30.5 Å². The van der Waals surface area contributed by atoms with Crippen LogP contribution in [0.4, 0.5) is 0 Å². The van der Waals surface area contributed by atoms with Gasteiger partial charge in [0.25, 0.3) is 0 Å². The number of halogens is 1. The molecule has 3 fully saturated rings. The molecule has 3 aliphatic heterocycles. The molecular weight excluding hydrogens is 250 g/mol. The van der Waals surface area contributed by atoms with Gasteiger partial charge in [0.05, 0.1) is 6.10 Å². The number of rotatable bonds is 3. The summed E-state index contributed by atoms with van der Waals surface area (Å²) in [5.41, 5.74) is 0. The number of carbonyl (C=O) groups excluding carboxylic acids is 1. The summed E-state index contributed by atoms with van der Waals surface area (Å²) in [6.45, 7) is 0.877. The van der Waals surface area contributed by atoms with Crippen molar-refractivity contribution in [2.45, 2.75) is 74.9 Å². The van der Waals surface area contributed by atoms with Crippen LogP contribution >= 0.6 is 11.6 Å². The topological polar surface area (TPSA) is 29.5 Å². The Bertz CT molecular complexity index is 303. The molecule has 4 heteroatoms. The highest BCUT2D eigenvalue weighted by atomic mass is 35.5. The number of hydrogen-bond donors (Lipinski definition) is 0. The number of fused-ring (bicyclic) bond motifs is 2. The Morgan fingerprint density at radius 1 is 1.22 bits per heavy atom. The van der Waals surface area contributed by atoms with E-state index in [1.807, 2.05) is 0 Å². The lowest BCUT2D eigenvalue weighted by molar-refractivity contribution is -0.136. The van der Waals surface area contributed by atoms with Gasteiger partial charge in [0.2, 0.25) is 5.91 Å². The summed E-state index contributed by atoms with van der Waals surface area (Å²) < 4.78 is 5.59. The molecule has 3 heterocycles. The van der Waals surface area contributed by atoms with Gasteiger partial charge >= 0.3 is 0 Å². The Kier molecular flexibility index (Phi) is 3.81. The lowest BCUT2D eigenvalue weighted by Crippen LogP contribution is -2.47. The number of nitrogens with zero attached hydrogens (tertiary/aromatic N) is 1. The van der Waals surface area contributed by atoms with Crippen LogP contribution < -0.4 is 0 Å². The molecule has 0 aromatic rings. The summed E-state index contributed by atoms with van der Waals surface area (Å²) >= 11 is 6.24. The summed E-state index contributed by atoms with van der Waals surface area (Å²) in [5, 5.41) is 0.282. The number of piperidine rings is 1. The standard InChI is InChI=1S/C14H22ClNO2/c15-10-8-11-3-4-12(9-10)16(11)14(17)6-5-13-2-1-7-18-13/h10-13H,1-9H2. The van der Waals surface area contributed by atoms with Gasteiger partial charge in [-0.05, 0) is 44.9 Å². The zero-order chi connectivity index (χ0) is 12.5. The molecule has 3 unspecified atom stereocenters.